The number of carboxylic acid groups (broad SMARTS) is 1. The Morgan fingerprint density at radius 2 is 1.26 bits per heavy atom. The van der Waals surface area contributed by atoms with Gasteiger partial charge in [0.1, 0.15) is 19.8 Å². The van der Waals surface area contributed by atoms with E-state index in [1.54, 1.807) is 72.8 Å². The number of rotatable bonds is 13. The normalized spacial score (nSPS) is 11.6. The van der Waals surface area contributed by atoms with E-state index in [0.29, 0.717) is 0 Å². The SMILES string of the molecule is N/C(=N\C(=O)OCc1ccccc1)N(CCC[C@@H](CC(=O)O)NC(=O)OCc1ccccc1)C(=O)OCc1ccccc1. The first-order chi connectivity index (χ1) is 20.8. The highest BCUT2D eigenvalue weighted by Crippen LogP contribution is 2.10. The molecule has 43 heavy (non-hydrogen) atoms. The van der Waals surface area contributed by atoms with Gasteiger partial charge in [-0.3, -0.25) is 4.79 Å². The molecule has 0 aliphatic heterocycles. The molecule has 0 heterocycles. The maximum atomic E-state index is 13.0. The van der Waals surface area contributed by atoms with Crippen molar-refractivity contribution < 1.29 is 38.5 Å². The van der Waals surface area contributed by atoms with E-state index >= 15 is 0 Å². The number of aliphatic imine (C=N–C) groups is 1. The van der Waals surface area contributed by atoms with Gasteiger partial charge in [0.15, 0.2) is 0 Å². The summed E-state index contributed by atoms with van der Waals surface area (Å²) < 4.78 is 15.7. The maximum absolute atomic E-state index is 13.0. The fraction of sp³-hybridized carbons (Fsp3) is 0.258. The summed E-state index contributed by atoms with van der Waals surface area (Å²) in [6.07, 6.45) is -2.72. The minimum absolute atomic E-state index is 0.0147. The summed E-state index contributed by atoms with van der Waals surface area (Å²) in [5.41, 5.74) is 8.26. The van der Waals surface area contributed by atoms with Crippen LogP contribution in [0.5, 0.6) is 0 Å². The highest BCUT2D eigenvalue weighted by atomic mass is 16.6. The predicted molar refractivity (Wildman–Crippen MR) is 157 cm³/mol. The van der Waals surface area contributed by atoms with Gasteiger partial charge in [-0.15, -0.1) is 4.99 Å². The molecule has 3 amide bonds. The molecule has 12 nitrogen and oxygen atoms in total. The van der Waals surface area contributed by atoms with Crippen LogP contribution in [-0.2, 0) is 38.8 Å². The fourth-order valence-corrected chi connectivity index (χ4v) is 3.87. The average molecular weight is 591 g/mol. The lowest BCUT2D eigenvalue weighted by Crippen LogP contribution is -2.44. The number of hydrogen-bond acceptors (Lipinski definition) is 7. The molecule has 0 spiro atoms. The third-order valence-corrected chi connectivity index (χ3v) is 6.00. The Bertz CT molecular complexity index is 1350. The van der Waals surface area contributed by atoms with Crippen LogP contribution < -0.4 is 11.1 Å². The van der Waals surface area contributed by atoms with Gasteiger partial charge in [0, 0.05) is 12.6 Å². The van der Waals surface area contributed by atoms with Gasteiger partial charge in [-0.05, 0) is 29.5 Å². The molecular weight excluding hydrogens is 556 g/mol. The van der Waals surface area contributed by atoms with E-state index in [-0.39, 0.29) is 45.6 Å². The largest absolute Gasteiger partial charge is 0.481 e. The molecular formula is C31H34N4O8. The molecule has 3 rings (SSSR count). The van der Waals surface area contributed by atoms with Gasteiger partial charge in [0.05, 0.1) is 6.42 Å². The number of benzene rings is 3. The van der Waals surface area contributed by atoms with Crippen LogP contribution in [0.4, 0.5) is 14.4 Å². The minimum atomic E-state index is -1.13. The number of amides is 3. The zero-order valence-corrected chi connectivity index (χ0v) is 23.5. The number of nitrogens with two attached hydrogens (primary N) is 1. The van der Waals surface area contributed by atoms with Gasteiger partial charge in [0.25, 0.3) is 0 Å². The summed E-state index contributed by atoms with van der Waals surface area (Å²) in [5.74, 6) is -1.59. The van der Waals surface area contributed by atoms with Crippen molar-refractivity contribution in [2.45, 2.75) is 45.1 Å². The Hall–Kier alpha value is -5.39. The third kappa shape index (κ3) is 12.3. The first-order valence-corrected chi connectivity index (χ1v) is 13.5. The van der Waals surface area contributed by atoms with Gasteiger partial charge in [-0.1, -0.05) is 91.0 Å². The highest BCUT2D eigenvalue weighted by Gasteiger charge is 2.23. The molecule has 12 heteroatoms. The lowest BCUT2D eigenvalue weighted by atomic mass is 10.1. The number of nitrogens with zero attached hydrogens (tertiary/aromatic N) is 2. The standard InChI is InChI=1S/C31H34N4O8/c32-28(34-30(39)42-21-24-13-6-2-7-14-24)35(31(40)43-22-25-15-8-3-9-16-25)18-10-17-26(19-27(36)37)33-29(38)41-20-23-11-4-1-5-12-23/h1-9,11-16,26H,10,17-22H2,(H,33,38)(H,36,37)(H2,32,34,39)/t26-/m0/s1. The van der Waals surface area contributed by atoms with E-state index in [4.69, 9.17) is 19.9 Å². The summed E-state index contributed by atoms with van der Waals surface area (Å²) in [7, 11) is 0. The van der Waals surface area contributed by atoms with Crippen molar-refractivity contribution in [2.75, 3.05) is 6.54 Å². The van der Waals surface area contributed by atoms with Gasteiger partial charge >= 0.3 is 24.2 Å². The van der Waals surface area contributed by atoms with E-state index in [2.05, 4.69) is 10.3 Å². The summed E-state index contributed by atoms with van der Waals surface area (Å²) in [4.78, 5) is 53.7. The molecule has 226 valence electrons. The molecule has 0 unspecified atom stereocenters. The van der Waals surface area contributed by atoms with E-state index in [1.807, 2.05) is 18.2 Å². The van der Waals surface area contributed by atoms with Gasteiger partial charge < -0.3 is 30.4 Å². The highest BCUT2D eigenvalue weighted by molar-refractivity contribution is 5.97. The van der Waals surface area contributed by atoms with Crippen LogP contribution in [0.1, 0.15) is 36.0 Å². The number of hydrogen-bond donors (Lipinski definition) is 3. The van der Waals surface area contributed by atoms with Crippen LogP contribution in [0, 0.1) is 0 Å². The molecule has 0 bridgehead atoms. The second-order valence-corrected chi connectivity index (χ2v) is 9.35. The number of carbonyl (C=O) groups is 4. The molecule has 4 N–H and O–H groups in total. The van der Waals surface area contributed by atoms with Crippen molar-refractivity contribution in [2.24, 2.45) is 10.7 Å². The number of carbonyl (C=O) groups excluding carboxylic acids is 3. The summed E-state index contributed by atoms with van der Waals surface area (Å²) in [5, 5.41) is 11.9. The number of ether oxygens (including phenoxy) is 3. The average Bonchev–Trinajstić information content (AvgIpc) is 3.01. The molecule has 0 aromatic heterocycles. The second-order valence-electron chi connectivity index (χ2n) is 9.35. The smallest absolute Gasteiger partial charge is 0.437 e. The van der Waals surface area contributed by atoms with Crippen LogP contribution in [0.3, 0.4) is 0 Å². The molecule has 3 aromatic rings. The summed E-state index contributed by atoms with van der Waals surface area (Å²) >= 11 is 0. The molecule has 0 saturated heterocycles. The maximum Gasteiger partial charge on any atom is 0.437 e. The topological polar surface area (TPSA) is 170 Å². The number of carboxylic acids is 1. The summed E-state index contributed by atoms with van der Waals surface area (Å²) in [6.45, 7) is -0.178. The van der Waals surface area contributed by atoms with Crippen molar-refractivity contribution >= 4 is 30.2 Å². The Morgan fingerprint density at radius 3 is 1.77 bits per heavy atom. The Balaban J connectivity index is 1.61. The summed E-state index contributed by atoms with van der Waals surface area (Å²) in [6, 6.07) is 26.1. The van der Waals surface area contributed by atoms with Crippen molar-refractivity contribution in [3.05, 3.63) is 108 Å². The second kappa shape index (κ2) is 17.4. The van der Waals surface area contributed by atoms with E-state index < -0.39 is 36.3 Å². The van der Waals surface area contributed by atoms with Crippen molar-refractivity contribution in [3.8, 4) is 0 Å². The molecule has 0 aliphatic rings. The number of alkyl carbamates (subject to hydrolysis) is 1. The Kier molecular flexibility index (Phi) is 13.0. The molecule has 0 fully saturated rings. The zero-order valence-electron chi connectivity index (χ0n) is 23.5. The Labute approximate surface area is 249 Å². The van der Waals surface area contributed by atoms with Crippen molar-refractivity contribution in [1.29, 1.82) is 0 Å². The monoisotopic (exact) mass is 590 g/mol. The van der Waals surface area contributed by atoms with Crippen LogP contribution in [-0.4, -0.2) is 52.8 Å². The first-order valence-electron chi connectivity index (χ1n) is 13.5. The fourth-order valence-electron chi connectivity index (χ4n) is 3.87. The van der Waals surface area contributed by atoms with Crippen LogP contribution in [0.2, 0.25) is 0 Å². The Morgan fingerprint density at radius 1 is 0.767 bits per heavy atom. The number of nitrogens with one attached hydrogen (secondary N) is 1. The minimum Gasteiger partial charge on any atom is -0.481 e. The van der Waals surface area contributed by atoms with Gasteiger partial charge in [-0.25, -0.2) is 19.3 Å². The van der Waals surface area contributed by atoms with Gasteiger partial charge in [-0.2, -0.15) is 0 Å². The third-order valence-electron chi connectivity index (χ3n) is 6.00. The van der Waals surface area contributed by atoms with Crippen molar-refractivity contribution in [1.82, 2.24) is 10.2 Å². The number of aliphatic carboxylic acids is 1. The molecule has 3 aromatic carbocycles. The van der Waals surface area contributed by atoms with Gasteiger partial charge in [0.2, 0.25) is 5.96 Å². The molecule has 0 radical (unpaired) electrons. The molecule has 0 saturated carbocycles. The van der Waals surface area contributed by atoms with Crippen LogP contribution >= 0.6 is 0 Å². The van der Waals surface area contributed by atoms with E-state index in [9.17, 15) is 24.3 Å². The quantitative estimate of drug-likeness (QED) is 0.143. The van der Waals surface area contributed by atoms with Crippen molar-refractivity contribution in [3.63, 3.8) is 0 Å². The van der Waals surface area contributed by atoms with Crippen LogP contribution in [0.15, 0.2) is 96.0 Å². The number of guanidine groups is 1. The lowest BCUT2D eigenvalue weighted by Gasteiger charge is -2.22. The molecule has 0 aliphatic carbocycles. The lowest BCUT2D eigenvalue weighted by molar-refractivity contribution is -0.137. The predicted octanol–water partition coefficient (Wildman–Crippen LogP) is 4.83. The van der Waals surface area contributed by atoms with E-state index in [0.717, 1.165) is 21.6 Å². The molecule has 1 atom stereocenters. The first kappa shape index (κ1) is 32.1. The zero-order chi connectivity index (χ0) is 30.9. The van der Waals surface area contributed by atoms with E-state index in [1.165, 1.54) is 0 Å². The van der Waals surface area contributed by atoms with Crippen LogP contribution in [0.25, 0.3) is 0 Å².